The number of benzene rings is 2. The van der Waals surface area contributed by atoms with E-state index in [0.29, 0.717) is 17.2 Å². The highest BCUT2D eigenvalue weighted by molar-refractivity contribution is 7.89. The number of ether oxygens (including phenoxy) is 1. The van der Waals surface area contributed by atoms with Crippen LogP contribution >= 0.6 is 12.2 Å². The normalized spacial score (nSPS) is 11.3. The van der Waals surface area contributed by atoms with Crippen molar-refractivity contribution < 1.29 is 22.4 Å². The molecule has 0 aliphatic carbocycles. The van der Waals surface area contributed by atoms with Crippen molar-refractivity contribution in [3.63, 3.8) is 0 Å². The number of para-hydroxylation sites is 1. The third-order valence-corrected chi connectivity index (χ3v) is 5.85. The number of methoxy groups -OCH3 is 1. The van der Waals surface area contributed by atoms with Gasteiger partial charge < -0.3 is 14.5 Å². The molecule has 166 valence electrons. The van der Waals surface area contributed by atoms with E-state index in [1.165, 1.54) is 24.5 Å². The van der Waals surface area contributed by atoms with Crippen molar-refractivity contribution in [2.45, 2.75) is 11.4 Å². The van der Waals surface area contributed by atoms with E-state index in [-0.39, 0.29) is 16.6 Å². The lowest BCUT2D eigenvalue weighted by atomic mass is 10.2. The molecule has 0 saturated carbocycles. The summed E-state index contributed by atoms with van der Waals surface area (Å²) in [5.41, 5.74) is 1.27. The minimum atomic E-state index is -3.70. The molecule has 0 bridgehead atoms. The first-order valence-corrected chi connectivity index (χ1v) is 11.3. The fraction of sp³-hybridized carbons (Fsp3) is 0.0909. The number of anilines is 1. The van der Waals surface area contributed by atoms with Crippen LogP contribution in [0.2, 0.25) is 0 Å². The van der Waals surface area contributed by atoms with Gasteiger partial charge in [0.1, 0.15) is 11.5 Å². The molecule has 2 aromatic carbocycles. The first kappa shape index (κ1) is 23.2. The molecule has 8 nitrogen and oxygen atoms in total. The fourth-order valence-corrected chi connectivity index (χ4v) is 3.88. The molecule has 0 atom stereocenters. The molecule has 0 spiro atoms. The zero-order valence-corrected chi connectivity index (χ0v) is 18.7. The second-order valence-electron chi connectivity index (χ2n) is 6.45. The number of hydrogen-bond donors (Lipinski definition) is 3. The smallest absolute Gasteiger partial charge is 0.250 e. The highest BCUT2D eigenvalue weighted by atomic mass is 32.2. The molecule has 0 radical (unpaired) electrons. The Morgan fingerprint density at radius 3 is 2.53 bits per heavy atom. The molecule has 1 heterocycles. The number of furan rings is 1. The maximum absolute atomic E-state index is 12.4. The summed E-state index contributed by atoms with van der Waals surface area (Å²) in [4.78, 5) is 12.2. The van der Waals surface area contributed by atoms with E-state index in [2.05, 4.69) is 15.4 Å². The summed E-state index contributed by atoms with van der Waals surface area (Å²) < 4.78 is 37.5. The van der Waals surface area contributed by atoms with Crippen LogP contribution in [0.4, 0.5) is 5.69 Å². The third kappa shape index (κ3) is 6.51. The molecule has 0 aliphatic rings. The van der Waals surface area contributed by atoms with E-state index in [1.54, 1.807) is 43.5 Å². The summed E-state index contributed by atoms with van der Waals surface area (Å²) in [5, 5.41) is 5.44. The Morgan fingerprint density at radius 1 is 1.09 bits per heavy atom. The molecule has 0 fully saturated rings. The Balaban J connectivity index is 1.53. The topological polar surface area (TPSA) is 110 Å². The molecule has 3 rings (SSSR count). The maximum Gasteiger partial charge on any atom is 0.250 e. The minimum Gasteiger partial charge on any atom is -0.496 e. The van der Waals surface area contributed by atoms with Gasteiger partial charge in [0.2, 0.25) is 15.9 Å². The van der Waals surface area contributed by atoms with E-state index < -0.39 is 15.9 Å². The van der Waals surface area contributed by atoms with Gasteiger partial charge in [-0.3, -0.25) is 10.1 Å². The summed E-state index contributed by atoms with van der Waals surface area (Å²) in [7, 11) is -2.15. The van der Waals surface area contributed by atoms with Crippen LogP contribution in [0.15, 0.2) is 82.3 Å². The van der Waals surface area contributed by atoms with Crippen LogP contribution < -0.4 is 20.1 Å². The Kier molecular flexibility index (Phi) is 7.77. The van der Waals surface area contributed by atoms with Gasteiger partial charge in [-0.25, -0.2) is 13.1 Å². The Morgan fingerprint density at radius 2 is 1.84 bits per heavy atom. The zero-order valence-electron chi connectivity index (χ0n) is 17.1. The van der Waals surface area contributed by atoms with Gasteiger partial charge in [-0.15, -0.1) is 0 Å². The van der Waals surface area contributed by atoms with Crippen molar-refractivity contribution in [1.82, 2.24) is 10.0 Å². The van der Waals surface area contributed by atoms with Gasteiger partial charge in [-0.2, -0.15) is 0 Å². The van der Waals surface area contributed by atoms with Gasteiger partial charge in [0.05, 0.1) is 24.8 Å². The molecule has 1 aromatic heterocycles. The number of sulfonamides is 1. The van der Waals surface area contributed by atoms with Crippen molar-refractivity contribution in [2.24, 2.45) is 0 Å². The molecule has 0 unspecified atom stereocenters. The average molecular weight is 472 g/mol. The number of carbonyl (C=O) groups excluding carboxylic acids is 1. The number of rotatable bonds is 8. The van der Waals surface area contributed by atoms with Crippen molar-refractivity contribution in [3.05, 3.63) is 84.3 Å². The van der Waals surface area contributed by atoms with Crippen LogP contribution in [0.25, 0.3) is 6.08 Å². The standard InChI is InChI=1S/C22H21N3O5S2/c1-29-20-7-3-2-5-16(20)8-13-21(26)25-22(31)24-17-9-11-19(12-10-17)32(27,28)23-15-18-6-4-14-30-18/h2-14,23H,15H2,1H3,(H2,24,25,26,31)/b13-8+. The Hall–Kier alpha value is -3.47. The van der Waals surface area contributed by atoms with Crippen molar-refractivity contribution in [2.75, 3.05) is 12.4 Å². The van der Waals surface area contributed by atoms with E-state index in [9.17, 15) is 13.2 Å². The first-order chi connectivity index (χ1) is 15.4. The van der Waals surface area contributed by atoms with E-state index >= 15 is 0 Å². The summed E-state index contributed by atoms with van der Waals surface area (Å²) in [6.45, 7) is 0.0494. The molecule has 0 aliphatic heterocycles. The van der Waals surface area contributed by atoms with Crippen LogP contribution in [0.1, 0.15) is 11.3 Å². The number of thiocarbonyl (C=S) groups is 1. The minimum absolute atomic E-state index is 0.0494. The van der Waals surface area contributed by atoms with Crippen molar-refractivity contribution in [3.8, 4) is 5.75 Å². The van der Waals surface area contributed by atoms with Gasteiger partial charge >= 0.3 is 0 Å². The lowest BCUT2D eigenvalue weighted by molar-refractivity contribution is -0.115. The molecule has 0 saturated heterocycles. The first-order valence-electron chi connectivity index (χ1n) is 9.42. The summed E-state index contributed by atoms with van der Waals surface area (Å²) in [6.07, 6.45) is 4.43. The maximum atomic E-state index is 12.4. The largest absolute Gasteiger partial charge is 0.496 e. The van der Waals surface area contributed by atoms with Crippen molar-refractivity contribution >= 4 is 45.0 Å². The second-order valence-corrected chi connectivity index (χ2v) is 8.62. The fourth-order valence-electron chi connectivity index (χ4n) is 2.67. The predicted molar refractivity (Wildman–Crippen MR) is 126 cm³/mol. The Labute approximate surface area is 191 Å². The lowest BCUT2D eigenvalue weighted by Gasteiger charge is -2.10. The summed E-state index contributed by atoms with van der Waals surface area (Å²) in [6, 6.07) is 16.6. The Bertz CT molecular complexity index is 1200. The van der Waals surface area contributed by atoms with Gasteiger partial charge in [-0.1, -0.05) is 18.2 Å². The number of hydrogen-bond acceptors (Lipinski definition) is 6. The monoisotopic (exact) mass is 471 g/mol. The summed E-state index contributed by atoms with van der Waals surface area (Å²) >= 11 is 5.14. The second kappa shape index (κ2) is 10.7. The summed E-state index contributed by atoms with van der Waals surface area (Å²) in [5.74, 6) is 0.730. The molecule has 3 aromatic rings. The average Bonchev–Trinajstić information content (AvgIpc) is 3.31. The molecule has 32 heavy (non-hydrogen) atoms. The molecular formula is C22H21N3O5S2. The van der Waals surface area contributed by atoms with E-state index in [1.807, 2.05) is 18.2 Å². The number of amides is 1. The van der Waals surface area contributed by atoms with Crippen molar-refractivity contribution in [1.29, 1.82) is 0 Å². The quantitative estimate of drug-likeness (QED) is 0.342. The van der Waals surface area contributed by atoms with E-state index in [0.717, 1.165) is 5.56 Å². The van der Waals surface area contributed by atoms with Crippen LogP contribution in [0.5, 0.6) is 5.75 Å². The third-order valence-electron chi connectivity index (χ3n) is 4.23. The molecule has 1 amide bonds. The van der Waals surface area contributed by atoms with Gasteiger partial charge in [-0.05, 0) is 60.8 Å². The highest BCUT2D eigenvalue weighted by Crippen LogP contribution is 2.18. The SMILES string of the molecule is COc1ccccc1/C=C/C(=O)NC(=S)Nc1ccc(S(=O)(=O)NCc2ccco2)cc1. The molecule has 3 N–H and O–H groups in total. The van der Waals surface area contributed by atoms with E-state index in [4.69, 9.17) is 21.4 Å². The molecule has 10 heteroatoms. The van der Waals surface area contributed by atoms with Crippen LogP contribution in [0, 0.1) is 0 Å². The van der Waals surface area contributed by atoms with Gasteiger partial charge in [0.15, 0.2) is 5.11 Å². The van der Waals surface area contributed by atoms with Crippen LogP contribution in [-0.2, 0) is 21.4 Å². The lowest BCUT2D eigenvalue weighted by Crippen LogP contribution is -2.32. The van der Waals surface area contributed by atoms with Gasteiger partial charge in [0.25, 0.3) is 0 Å². The number of carbonyl (C=O) groups is 1. The number of nitrogens with one attached hydrogen (secondary N) is 3. The molecular weight excluding hydrogens is 450 g/mol. The zero-order chi connectivity index (χ0) is 23.0. The van der Waals surface area contributed by atoms with Crippen LogP contribution in [0.3, 0.4) is 0 Å². The van der Waals surface area contributed by atoms with Gasteiger partial charge in [0, 0.05) is 17.3 Å². The predicted octanol–water partition coefficient (Wildman–Crippen LogP) is 3.29. The van der Waals surface area contributed by atoms with Crippen LogP contribution in [-0.4, -0.2) is 26.5 Å². The highest BCUT2D eigenvalue weighted by Gasteiger charge is 2.14.